The first-order valence-electron chi connectivity index (χ1n) is 6.54. The summed E-state index contributed by atoms with van der Waals surface area (Å²) < 4.78 is 1.06. The maximum atomic E-state index is 6.18. The Kier molecular flexibility index (Phi) is 2.47. The van der Waals surface area contributed by atoms with Crippen molar-refractivity contribution in [2.45, 2.75) is 32.2 Å². The van der Waals surface area contributed by atoms with Crippen molar-refractivity contribution in [2.75, 3.05) is 5.32 Å². The topological polar surface area (TPSA) is 50.7 Å². The quantitative estimate of drug-likeness (QED) is 0.772. The van der Waals surface area contributed by atoms with Crippen LogP contribution in [0.5, 0.6) is 0 Å². The first-order valence-corrected chi connectivity index (χ1v) is 7.73. The van der Waals surface area contributed by atoms with Gasteiger partial charge in [0.2, 0.25) is 0 Å². The van der Waals surface area contributed by atoms with Gasteiger partial charge in [0.15, 0.2) is 0 Å². The van der Waals surface area contributed by atoms with Crippen LogP contribution in [-0.2, 0) is 0 Å². The summed E-state index contributed by atoms with van der Waals surface area (Å²) in [5, 5.41) is 5.25. The van der Waals surface area contributed by atoms with Gasteiger partial charge in [-0.05, 0) is 32.3 Å². The largest absolute Gasteiger partial charge is 0.364 e. The van der Waals surface area contributed by atoms with E-state index in [9.17, 15) is 0 Å². The van der Waals surface area contributed by atoms with E-state index in [1.54, 1.807) is 23.9 Å². The van der Waals surface area contributed by atoms with Crippen LogP contribution in [0.3, 0.4) is 0 Å². The van der Waals surface area contributed by atoms with Gasteiger partial charge in [-0.15, -0.1) is 11.3 Å². The van der Waals surface area contributed by atoms with E-state index in [-0.39, 0.29) is 5.54 Å². The summed E-state index contributed by atoms with van der Waals surface area (Å²) in [6.45, 7) is 4.23. The van der Waals surface area contributed by atoms with Crippen molar-refractivity contribution in [1.82, 2.24) is 15.0 Å². The number of hydrogen-bond donors (Lipinski definition) is 1. The molecule has 20 heavy (non-hydrogen) atoms. The Morgan fingerprint density at radius 1 is 1.30 bits per heavy atom. The summed E-state index contributed by atoms with van der Waals surface area (Å²) in [5.41, 5.74) is 2.17. The van der Waals surface area contributed by atoms with E-state index in [4.69, 9.17) is 11.6 Å². The van der Waals surface area contributed by atoms with Gasteiger partial charge in [-0.1, -0.05) is 11.6 Å². The summed E-state index contributed by atoms with van der Waals surface area (Å²) in [6, 6.07) is 0. The molecule has 4 rings (SSSR count). The maximum absolute atomic E-state index is 6.18. The number of aromatic nitrogens is 3. The molecule has 3 heterocycles. The van der Waals surface area contributed by atoms with Gasteiger partial charge in [0.05, 0.1) is 15.2 Å². The van der Waals surface area contributed by atoms with Crippen molar-refractivity contribution in [3.8, 4) is 0 Å². The molecule has 0 saturated heterocycles. The normalized spacial score (nSPS) is 16.8. The highest BCUT2D eigenvalue weighted by Gasteiger charge is 2.38. The number of anilines is 1. The predicted molar refractivity (Wildman–Crippen MR) is 83.7 cm³/mol. The van der Waals surface area contributed by atoms with Gasteiger partial charge in [-0.2, -0.15) is 0 Å². The van der Waals surface area contributed by atoms with E-state index in [1.165, 1.54) is 12.8 Å². The fourth-order valence-electron chi connectivity index (χ4n) is 2.35. The van der Waals surface area contributed by atoms with Gasteiger partial charge in [0.25, 0.3) is 0 Å². The number of nitrogens with zero attached hydrogens (tertiary/aromatic N) is 3. The number of rotatable bonds is 2. The van der Waals surface area contributed by atoms with E-state index in [0.29, 0.717) is 5.02 Å². The van der Waals surface area contributed by atoms with E-state index in [0.717, 1.165) is 31.8 Å². The first kappa shape index (κ1) is 12.3. The van der Waals surface area contributed by atoms with Gasteiger partial charge in [-0.3, -0.25) is 0 Å². The van der Waals surface area contributed by atoms with Gasteiger partial charge in [-0.25, -0.2) is 15.0 Å². The number of aryl methyl sites for hydroxylation is 1. The zero-order valence-corrected chi connectivity index (χ0v) is 12.8. The summed E-state index contributed by atoms with van der Waals surface area (Å²) >= 11 is 7.81. The average molecular weight is 305 g/mol. The highest BCUT2D eigenvalue weighted by atomic mass is 35.5. The summed E-state index contributed by atoms with van der Waals surface area (Å²) in [6.07, 6.45) is 5.69. The van der Waals surface area contributed by atoms with Crippen LogP contribution >= 0.6 is 22.9 Å². The Hall–Kier alpha value is -1.46. The number of nitrogens with one attached hydrogen (secondary N) is 1. The molecule has 0 radical (unpaired) electrons. The fraction of sp³-hybridized carbons (Fsp3) is 0.357. The number of pyridine rings is 1. The molecule has 4 nitrogen and oxygen atoms in total. The van der Waals surface area contributed by atoms with Crippen LogP contribution in [0.1, 0.15) is 25.3 Å². The summed E-state index contributed by atoms with van der Waals surface area (Å²) in [4.78, 5) is 14.2. The average Bonchev–Trinajstić information content (AvgIpc) is 3.01. The Bertz CT molecular complexity index is 838. The minimum atomic E-state index is 0.192. The first-order chi connectivity index (χ1) is 9.57. The van der Waals surface area contributed by atoms with Gasteiger partial charge in [0, 0.05) is 17.1 Å². The van der Waals surface area contributed by atoms with Crippen LogP contribution < -0.4 is 5.32 Å². The molecule has 102 valence electrons. The third-order valence-electron chi connectivity index (χ3n) is 3.90. The smallest absolute Gasteiger partial charge is 0.147 e. The van der Waals surface area contributed by atoms with Crippen LogP contribution in [-0.4, -0.2) is 20.5 Å². The Balaban J connectivity index is 2.01. The maximum Gasteiger partial charge on any atom is 0.147 e. The zero-order valence-electron chi connectivity index (χ0n) is 11.2. The van der Waals surface area contributed by atoms with Crippen LogP contribution in [0, 0.1) is 6.92 Å². The lowest BCUT2D eigenvalue weighted by atomic mass is 10.2. The van der Waals surface area contributed by atoms with Gasteiger partial charge < -0.3 is 5.32 Å². The molecule has 0 amide bonds. The van der Waals surface area contributed by atoms with Crippen molar-refractivity contribution in [3.05, 3.63) is 23.1 Å². The zero-order chi connectivity index (χ0) is 13.9. The Morgan fingerprint density at radius 3 is 2.85 bits per heavy atom. The van der Waals surface area contributed by atoms with Crippen LogP contribution in [0.2, 0.25) is 5.02 Å². The molecule has 0 aliphatic heterocycles. The monoisotopic (exact) mass is 304 g/mol. The molecule has 6 heteroatoms. The van der Waals surface area contributed by atoms with Gasteiger partial charge >= 0.3 is 0 Å². The minimum absolute atomic E-state index is 0.192. The standard InChI is InChI=1S/C14H13ClN4S/c1-7-8(15)5-16-13-9(7)10-11(20-13)12(18-6-17-10)19-14(2)3-4-14/h5-6H,3-4H2,1-2H3,(H,17,18,19). The molecule has 3 aromatic heterocycles. The lowest BCUT2D eigenvalue weighted by Crippen LogP contribution is -2.16. The number of halogens is 1. The van der Waals surface area contributed by atoms with Crippen molar-refractivity contribution in [2.24, 2.45) is 0 Å². The Labute approximate surface area is 125 Å². The van der Waals surface area contributed by atoms with Crippen LogP contribution in [0.15, 0.2) is 12.5 Å². The molecular formula is C14H13ClN4S. The lowest BCUT2D eigenvalue weighted by Gasteiger charge is -2.12. The second-order valence-corrected chi connectivity index (χ2v) is 7.01. The summed E-state index contributed by atoms with van der Waals surface area (Å²) in [5.74, 6) is 0.911. The predicted octanol–water partition coefficient (Wildman–Crippen LogP) is 4.17. The molecule has 1 N–H and O–H groups in total. The third-order valence-corrected chi connectivity index (χ3v) is 5.38. The van der Waals surface area contributed by atoms with Gasteiger partial charge in [0.1, 0.15) is 17.0 Å². The molecule has 0 unspecified atom stereocenters. The highest BCUT2D eigenvalue weighted by molar-refractivity contribution is 7.26. The van der Waals surface area contributed by atoms with Crippen LogP contribution in [0.4, 0.5) is 5.82 Å². The molecule has 1 fully saturated rings. The van der Waals surface area contributed by atoms with E-state index in [2.05, 4.69) is 27.2 Å². The molecule has 1 saturated carbocycles. The second kappa shape index (κ2) is 4.02. The number of hydrogen-bond acceptors (Lipinski definition) is 5. The minimum Gasteiger partial charge on any atom is -0.364 e. The van der Waals surface area contributed by atoms with Crippen molar-refractivity contribution in [1.29, 1.82) is 0 Å². The van der Waals surface area contributed by atoms with E-state index in [1.807, 2.05) is 6.92 Å². The molecule has 0 bridgehead atoms. The van der Waals surface area contributed by atoms with Crippen molar-refractivity contribution in [3.63, 3.8) is 0 Å². The van der Waals surface area contributed by atoms with Crippen molar-refractivity contribution >= 4 is 49.2 Å². The molecule has 3 aromatic rings. The molecule has 1 aliphatic rings. The van der Waals surface area contributed by atoms with E-state index >= 15 is 0 Å². The number of fused-ring (bicyclic) bond motifs is 3. The second-order valence-electron chi connectivity index (χ2n) is 5.60. The molecular weight excluding hydrogens is 292 g/mol. The van der Waals surface area contributed by atoms with Crippen LogP contribution in [0.25, 0.3) is 20.4 Å². The number of thiophene rings is 1. The molecule has 1 aliphatic carbocycles. The fourth-order valence-corrected chi connectivity index (χ4v) is 3.59. The molecule has 0 aromatic carbocycles. The lowest BCUT2D eigenvalue weighted by molar-refractivity contribution is 0.823. The third kappa shape index (κ3) is 1.77. The molecule has 0 atom stereocenters. The van der Waals surface area contributed by atoms with Crippen molar-refractivity contribution < 1.29 is 0 Å². The summed E-state index contributed by atoms with van der Waals surface area (Å²) in [7, 11) is 0. The SMILES string of the molecule is Cc1c(Cl)cnc2sc3c(NC4(C)CC4)ncnc3c12. The Morgan fingerprint density at radius 2 is 2.10 bits per heavy atom. The highest BCUT2D eigenvalue weighted by Crippen LogP contribution is 2.42. The molecule has 0 spiro atoms. The van der Waals surface area contributed by atoms with E-state index < -0.39 is 0 Å².